The Labute approximate surface area is 86.2 Å². The largest absolute Gasteiger partial charge is 0.396 e. The quantitative estimate of drug-likeness (QED) is 0.773. The summed E-state index contributed by atoms with van der Waals surface area (Å²) in [7, 11) is 4.16. The molecule has 2 heteroatoms. The molecule has 78 valence electrons. The molecule has 1 unspecified atom stereocenters. The summed E-state index contributed by atoms with van der Waals surface area (Å²) in [5.41, 5.74) is 1.32. The summed E-state index contributed by atoms with van der Waals surface area (Å²) < 4.78 is 0. The Bertz CT molecular complexity index is 246. The van der Waals surface area contributed by atoms with Gasteiger partial charge >= 0.3 is 0 Å². The molecule has 0 aliphatic carbocycles. The van der Waals surface area contributed by atoms with Crippen LogP contribution in [0.4, 0.5) is 0 Å². The van der Waals surface area contributed by atoms with E-state index in [1.54, 1.807) is 0 Å². The minimum absolute atomic E-state index is 0.275. The highest BCUT2D eigenvalue weighted by Crippen LogP contribution is 2.22. The monoisotopic (exact) mass is 193 g/mol. The van der Waals surface area contributed by atoms with E-state index in [2.05, 4.69) is 43.3 Å². The fraction of sp³-hybridized carbons (Fsp3) is 0.500. The fourth-order valence-corrected chi connectivity index (χ4v) is 1.68. The lowest BCUT2D eigenvalue weighted by molar-refractivity contribution is 0.235. The first kappa shape index (κ1) is 11.2. The van der Waals surface area contributed by atoms with Crippen LogP contribution in [0.25, 0.3) is 0 Å². The van der Waals surface area contributed by atoms with Crippen molar-refractivity contribution in [2.75, 3.05) is 20.7 Å². The molecule has 0 spiro atoms. The first-order valence-electron chi connectivity index (χ1n) is 5.08. The van der Waals surface area contributed by atoms with Gasteiger partial charge in [-0.3, -0.25) is 0 Å². The predicted molar refractivity (Wildman–Crippen MR) is 59.2 cm³/mol. The van der Waals surface area contributed by atoms with E-state index in [9.17, 15) is 0 Å². The zero-order valence-electron chi connectivity index (χ0n) is 8.98. The van der Waals surface area contributed by atoms with Gasteiger partial charge in [0.15, 0.2) is 0 Å². The molecule has 1 aromatic carbocycles. The smallest absolute Gasteiger partial charge is 0.0431 e. The van der Waals surface area contributed by atoms with Crippen LogP contribution in [0.1, 0.15) is 24.4 Å². The van der Waals surface area contributed by atoms with Crippen LogP contribution in [-0.2, 0) is 0 Å². The number of nitrogens with zero attached hydrogens (tertiary/aromatic N) is 1. The van der Waals surface area contributed by atoms with Crippen molar-refractivity contribution >= 4 is 0 Å². The minimum Gasteiger partial charge on any atom is -0.396 e. The highest BCUT2D eigenvalue weighted by molar-refractivity contribution is 5.18. The van der Waals surface area contributed by atoms with Gasteiger partial charge in [0.2, 0.25) is 0 Å². The van der Waals surface area contributed by atoms with Gasteiger partial charge in [-0.2, -0.15) is 0 Å². The standard InChI is InChI=1S/C12H19NO/c1-13(2)12(9-6-10-14)11-7-4-3-5-8-11/h3-5,7-8,12,14H,6,9-10H2,1-2H3. The van der Waals surface area contributed by atoms with Crippen LogP contribution in [0, 0.1) is 0 Å². The van der Waals surface area contributed by atoms with Gasteiger partial charge in [-0.25, -0.2) is 0 Å². The van der Waals surface area contributed by atoms with Gasteiger partial charge in [-0.1, -0.05) is 30.3 Å². The maximum atomic E-state index is 8.83. The van der Waals surface area contributed by atoms with E-state index in [1.807, 2.05) is 6.07 Å². The van der Waals surface area contributed by atoms with Crippen molar-refractivity contribution in [2.24, 2.45) is 0 Å². The zero-order valence-corrected chi connectivity index (χ0v) is 8.98. The molecular formula is C12H19NO. The molecule has 2 nitrogen and oxygen atoms in total. The highest BCUT2D eigenvalue weighted by atomic mass is 16.2. The average molecular weight is 193 g/mol. The topological polar surface area (TPSA) is 23.5 Å². The summed E-state index contributed by atoms with van der Waals surface area (Å²) in [6, 6.07) is 10.9. The summed E-state index contributed by atoms with van der Waals surface area (Å²) in [6.07, 6.45) is 1.87. The molecule has 1 aromatic rings. The molecule has 0 heterocycles. The van der Waals surface area contributed by atoms with Gasteiger partial charge in [0.25, 0.3) is 0 Å². The van der Waals surface area contributed by atoms with E-state index in [0.717, 1.165) is 12.8 Å². The van der Waals surface area contributed by atoms with E-state index < -0.39 is 0 Å². The number of hydrogen-bond donors (Lipinski definition) is 1. The lowest BCUT2D eigenvalue weighted by Crippen LogP contribution is -2.20. The van der Waals surface area contributed by atoms with Gasteiger partial charge in [-0.05, 0) is 32.5 Å². The molecule has 0 amide bonds. The van der Waals surface area contributed by atoms with Gasteiger partial charge < -0.3 is 10.0 Å². The fourth-order valence-electron chi connectivity index (χ4n) is 1.68. The summed E-state index contributed by atoms with van der Waals surface area (Å²) in [6.45, 7) is 0.275. The Morgan fingerprint density at radius 1 is 1.21 bits per heavy atom. The van der Waals surface area contributed by atoms with Crippen LogP contribution in [-0.4, -0.2) is 30.7 Å². The van der Waals surface area contributed by atoms with Crippen molar-refractivity contribution < 1.29 is 5.11 Å². The van der Waals surface area contributed by atoms with Crippen LogP contribution >= 0.6 is 0 Å². The normalized spacial score (nSPS) is 13.1. The van der Waals surface area contributed by atoms with E-state index in [-0.39, 0.29) is 6.61 Å². The van der Waals surface area contributed by atoms with Crippen molar-refractivity contribution in [3.05, 3.63) is 35.9 Å². The second-order valence-corrected chi connectivity index (χ2v) is 3.76. The predicted octanol–water partition coefficient (Wildman–Crippen LogP) is 2.06. The average Bonchev–Trinajstić information content (AvgIpc) is 2.19. The number of aliphatic hydroxyl groups excluding tert-OH is 1. The number of hydrogen-bond acceptors (Lipinski definition) is 2. The van der Waals surface area contributed by atoms with Crippen LogP contribution in [0.2, 0.25) is 0 Å². The first-order chi connectivity index (χ1) is 6.75. The van der Waals surface area contributed by atoms with Gasteiger partial charge in [-0.15, -0.1) is 0 Å². The highest BCUT2D eigenvalue weighted by Gasteiger charge is 2.12. The molecule has 1 rings (SSSR count). The maximum Gasteiger partial charge on any atom is 0.0431 e. The van der Waals surface area contributed by atoms with Crippen molar-refractivity contribution in [3.63, 3.8) is 0 Å². The molecule has 1 N–H and O–H groups in total. The maximum absolute atomic E-state index is 8.83. The first-order valence-corrected chi connectivity index (χ1v) is 5.08. The molecule has 1 atom stereocenters. The Kier molecular flexibility index (Phi) is 4.63. The third-order valence-electron chi connectivity index (χ3n) is 2.44. The number of aliphatic hydroxyl groups is 1. The molecule has 0 bridgehead atoms. The zero-order chi connectivity index (χ0) is 10.4. The molecule has 0 aliphatic heterocycles. The van der Waals surface area contributed by atoms with Crippen LogP contribution in [0.3, 0.4) is 0 Å². The van der Waals surface area contributed by atoms with Crippen LogP contribution in [0.15, 0.2) is 30.3 Å². The second kappa shape index (κ2) is 5.78. The Balaban J connectivity index is 2.68. The lowest BCUT2D eigenvalue weighted by Gasteiger charge is -2.24. The third-order valence-corrected chi connectivity index (χ3v) is 2.44. The van der Waals surface area contributed by atoms with Crippen molar-refractivity contribution in [2.45, 2.75) is 18.9 Å². The molecule has 0 saturated carbocycles. The van der Waals surface area contributed by atoms with Gasteiger partial charge in [0.05, 0.1) is 0 Å². The number of rotatable bonds is 5. The van der Waals surface area contributed by atoms with Crippen molar-refractivity contribution in [1.29, 1.82) is 0 Å². The summed E-state index contributed by atoms with van der Waals surface area (Å²) in [4.78, 5) is 2.20. The number of benzene rings is 1. The Morgan fingerprint density at radius 3 is 2.36 bits per heavy atom. The van der Waals surface area contributed by atoms with E-state index in [4.69, 9.17) is 5.11 Å². The van der Waals surface area contributed by atoms with Gasteiger partial charge in [0, 0.05) is 12.6 Å². The van der Waals surface area contributed by atoms with Crippen molar-refractivity contribution in [3.8, 4) is 0 Å². The summed E-state index contributed by atoms with van der Waals surface area (Å²) in [5.74, 6) is 0. The van der Waals surface area contributed by atoms with E-state index in [1.165, 1.54) is 5.56 Å². The third kappa shape index (κ3) is 3.13. The summed E-state index contributed by atoms with van der Waals surface area (Å²) >= 11 is 0. The SMILES string of the molecule is CN(C)C(CCCO)c1ccccc1. The molecular weight excluding hydrogens is 174 g/mol. The van der Waals surface area contributed by atoms with Crippen LogP contribution < -0.4 is 0 Å². The van der Waals surface area contributed by atoms with E-state index >= 15 is 0 Å². The van der Waals surface area contributed by atoms with Crippen molar-refractivity contribution in [1.82, 2.24) is 4.90 Å². The molecule has 0 fully saturated rings. The Morgan fingerprint density at radius 2 is 1.86 bits per heavy atom. The molecule has 0 aromatic heterocycles. The van der Waals surface area contributed by atoms with Gasteiger partial charge in [0.1, 0.15) is 0 Å². The molecule has 14 heavy (non-hydrogen) atoms. The molecule has 0 saturated heterocycles. The van der Waals surface area contributed by atoms with E-state index in [0.29, 0.717) is 6.04 Å². The molecule has 0 aliphatic rings. The molecule has 0 radical (unpaired) electrons. The lowest BCUT2D eigenvalue weighted by atomic mass is 10.0. The minimum atomic E-state index is 0.275. The summed E-state index contributed by atoms with van der Waals surface area (Å²) in [5, 5.41) is 8.83. The van der Waals surface area contributed by atoms with Crippen LogP contribution in [0.5, 0.6) is 0 Å². The second-order valence-electron chi connectivity index (χ2n) is 3.76. The Hall–Kier alpha value is -0.860.